The van der Waals surface area contributed by atoms with E-state index in [-0.39, 0.29) is 46.0 Å². The molecule has 3 amide bonds. The lowest BCUT2D eigenvalue weighted by molar-refractivity contribution is 0.0475. The normalized spacial score (nSPS) is 18.5. The zero-order chi connectivity index (χ0) is 19.8. The minimum Gasteiger partial charge on any atom is -0.376 e. The molecule has 2 aromatic carbocycles. The van der Waals surface area contributed by atoms with Crippen LogP contribution in [0.15, 0.2) is 36.4 Å². The maximum atomic E-state index is 13.1. The molecule has 2 aliphatic rings. The quantitative estimate of drug-likeness (QED) is 0.794. The summed E-state index contributed by atoms with van der Waals surface area (Å²) in [6.45, 7) is 0.836. The first-order valence-corrected chi connectivity index (χ1v) is 9.20. The average Bonchev–Trinajstić information content (AvgIpc) is 3.27. The fourth-order valence-corrected chi connectivity index (χ4v) is 3.59. The number of nitrogens with zero attached hydrogens (tertiary/aromatic N) is 1. The molecule has 2 heterocycles. The highest BCUT2D eigenvalue weighted by Gasteiger charge is 2.37. The number of anilines is 1. The lowest BCUT2D eigenvalue weighted by atomic mass is 10.1. The first-order chi connectivity index (χ1) is 13.4. The van der Waals surface area contributed by atoms with Crippen LogP contribution in [-0.4, -0.2) is 41.9 Å². The molecular formula is C20H16ClFN2O4. The lowest BCUT2D eigenvalue weighted by Gasteiger charge is -2.17. The Bertz CT molecular complexity index is 988. The fraction of sp³-hybridized carbons (Fsp3) is 0.250. The molecule has 6 nitrogen and oxygen atoms in total. The number of ether oxygens (including phenoxy) is 1. The fourth-order valence-electron chi connectivity index (χ4n) is 3.38. The molecule has 1 fully saturated rings. The summed E-state index contributed by atoms with van der Waals surface area (Å²) < 4.78 is 18.6. The van der Waals surface area contributed by atoms with Gasteiger partial charge in [-0.15, -0.1) is 0 Å². The second-order valence-corrected chi connectivity index (χ2v) is 7.10. The predicted molar refractivity (Wildman–Crippen MR) is 100 cm³/mol. The van der Waals surface area contributed by atoms with Gasteiger partial charge in [-0.2, -0.15) is 0 Å². The van der Waals surface area contributed by atoms with Gasteiger partial charge in [0.05, 0.1) is 34.5 Å². The first-order valence-electron chi connectivity index (χ1n) is 8.82. The Hall–Kier alpha value is -2.77. The molecule has 2 aromatic rings. The number of imide groups is 1. The van der Waals surface area contributed by atoms with Crippen molar-refractivity contribution in [3.63, 3.8) is 0 Å². The Labute approximate surface area is 165 Å². The summed E-state index contributed by atoms with van der Waals surface area (Å²) in [6.07, 6.45) is 1.56. The predicted octanol–water partition coefficient (Wildman–Crippen LogP) is 3.51. The van der Waals surface area contributed by atoms with E-state index in [4.69, 9.17) is 16.3 Å². The molecule has 1 N–H and O–H groups in total. The molecule has 0 bridgehead atoms. The lowest BCUT2D eigenvalue weighted by Crippen LogP contribution is -2.36. The van der Waals surface area contributed by atoms with Gasteiger partial charge in [-0.3, -0.25) is 19.3 Å². The molecule has 2 aliphatic heterocycles. The van der Waals surface area contributed by atoms with Gasteiger partial charge in [-0.05, 0) is 49.2 Å². The third-order valence-corrected chi connectivity index (χ3v) is 5.14. The van der Waals surface area contributed by atoms with Gasteiger partial charge in [0, 0.05) is 12.2 Å². The van der Waals surface area contributed by atoms with Crippen molar-refractivity contribution in [3.05, 3.63) is 63.9 Å². The summed E-state index contributed by atoms with van der Waals surface area (Å²) >= 11 is 5.93. The zero-order valence-electron chi connectivity index (χ0n) is 14.7. The summed E-state index contributed by atoms with van der Waals surface area (Å²) in [4.78, 5) is 38.9. The highest BCUT2D eigenvalue weighted by molar-refractivity contribution is 6.34. The monoisotopic (exact) mass is 402 g/mol. The van der Waals surface area contributed by atoms with E-state index in [1.54, 1.807) is 0 Å². The Morgan fingerprint density at radius 3 is 2.68 bits per heavy atom. The van der Waals surface area contributed by atoms with Crippen LogP contribution in [0.3, 0.4) is 0 Å². The number of hydrogen-bond acceptors (Lipinski definition) is 4. The van der Waals surface area contributed by atoms with E-state index in [0.29, 0.717) is 6.61 Å². The van der Waals surface area contributed by atoms with Crippen LogP contribution in [0.1, 0.15) is 43.9 Å². The highest BCUT2D eigenvalue weighted by atomic mass is 35.5. The number of halogens is 2. The summed E-state index contributed by atoms with van der Waals surface area (Å²) in [5.41, 5.74) is 0.885. The molecule has 1 saturated heterocycles. The molecule has 0 spiro atoms. The molecule has 0 aliphatic carbocycles. The number of hydrogen-bond donors (Lipinski definition) is 1. The van der Waals surface area contributed by atoms with E-state index in [0.717, 1.165) is 18.9 Å². The number of fused-ring (bicyclic) bond motifs is 1. The molecule has 1 atom stereocenters. The molecular weight excluding hydrogens is 387 g/mol. The van der Waals surface area contributed by atoms with E-state index >= 15 is 0 Å². The number of amides is 3. The average molecular weight is 403 g/mol. The van der Waals surface area contributed by atoms with Crippen LogP contribution in [0.5, 0.6) is 0 Å². The molecule has 0 saturated carbocycles. The Balaban J connectivity index is 1.54. The number of benzene rings is 2. The third-order valence-electron chi connectivity index (χ3n) is 4.82. The number of nitrogens with one attached hydrogen (secondary N) is 1. The van der Waals surface area contributed by atoms with E-state index in [9.17, 15) is 18.8 Å². The van der Waals surface area contributed by atoms with Crippen molar-refractivity contribution in [1.29, 1.82) is 0 Å². The van der Waals surface area contributed by atoms with Crippen LogP contribution in [0, 0.1) is 5.82 Å². The summed E-state index contributed by atoms with van der Waals surface area (Å²) in [5.74, 6) is -1.86. The SMILES string of the molecule is O=C(Nc1ccc(F)cc1Cl)c1ccc2c(c1)C(=O)N(CC1CCCO1)C2=O. The van der Waals surface area contributed by atoms with Gasteiger partial charge in [-0.1, -0.05) is 11.6 Å². The third kappa shape index (κ3) is 3.39. The Morgan fingerprint density at radius 2 is 1.96 bits per heavy atom. The molecule has 0 aromatic heterocycles. The second kappa shape index (κ2) is 7.33. The van der Waals surface area contributed by atoms with Gasteiger partial charge >= 0.3 is 0 Å². The van der Waals surface area contributed by atoms with Gasteiger partial charge in [-0.25, -0.2) is 4.39 Å². The van der Waals surface area contributed by atoms with Gasteiger partial charge in [0.1, 0.15) is 5.82 Å². The summed E-state index contributed by atoms with van der Waals surface area (Å²) in [7, 11) is 0. The van der Waals surface area contributed by atoms with Crippen molar-refractivity contribution in [1.82, 2.24) is 4.90 Å². The molecule has 8 heteroatoms. The first kappa shape index (κ1) is 18.6. The number of carbonyl (C=O) groups is 3. The second-order valence-electron chi connectivity index (χ2n) is 6.69. The van der Waals surface area contributed by atoms with Crippen molar-refractivity contribution in [2.45, 2.75) is 18.9 Å². The van der Waals surface area contributed by atoms with Gasteiger partial charge < -0.3 is 10.1 Å². The van der Waals surface area contributed by atoms with Crippen molar-refractivity contribution >= 4 is 35.0 Å². The zero-order valence-corrected chi connectivity index (χ0v) is 15.5. The maximum Gasteiger partial charge on any atom is 0.261 e. The largest absolute Gasteiger partial charge is 0.376 e. The van der Waals surface area contributed by atoms with Gasteiger partial charge in [0.15, 0.2) is 0 Å². The van der Waals surface area contributed by atoms with E-state index < -0.39 is 17.6 Å². The van der Waals surface area contributed by atoms with Crippen molar-refractivity contribution in [3.8, 4) is 0 Å². The minimum atomic E-state index is -0.519. The van der Waals surface area contributed by atoms with Crippen LogP contribution >= 0.6 is 11.6 Å². The Kier molecular flexibility index (Phi) is 4.87. The van der Waals surface area contributed by atoms with Crippen LogP contribution in [0.25, 0.3) is 0 Å². The van der Waals surface area contributed by atoms with Crippen molar-refractivity contribution in [2.75, 3.05) is 18.5 Å². The standard InChI is InChI=1S/C20H16ClFN2O4/c21-16-9-12(22)4-6-17(16)23-18(25)11-3-5-14-15(8-11)20(27)24(19(14)26)10-13-2-1-7-28-13/h3-6,8-9,13H,1-2,7,10H2,(H,23,25). The van der Waals surface area contributed by atoms with Crippen LogP contribution in [0.2, 0.25) is 5.02 Å². The van der Waals surface area contributed by atoms with Crippen molar-refractivity contribution < 1.29 is 23.5 Å². The highest BCUT2D eigenvalue weighted by Crippen LogP contribution is 2.27. The summed E-state index contributed by atoms with van der Waals surface area (Å²) in [6, 6.07) is 7.93. The van der Waals surface area contributed by atoms with E-state index in [1.807, 2.05) is 0 Å². The smallest absolute Gasteiger partial charge is 0.261 e. The summed E-state index contributed by atoms with van der Waals surface area (Å²) in [5, 5.41) is 2.63. The van der Waals surface area contributed by atoms with Crippen LogP contribution in [-0.2, 0) is 4.74 Å². The van der Waals surface area contributed by atoms with Gasteiger partial charge in [0.25, 0.3) is 17.7 Å². The molecule has 28 heavy (non-hydrogen) atoms. The molecule has 144 valence electrons. The number of rotatable bonds is 4. The maximum absolute atomic E-state index is 13.1. The topological polar surface area (TPSA) is 75.7 Å². The van der Waals surface area contributed by atoms with Crippen LogP contribution in [0.4, 0.5) is 10.1 Å². The van der Waals surface area contributed by atoms with Gasteiger partial charge in [0.2, 0.25) is 0 Å². The minimum absolute atomic E-state index is 0.0588. The van der Waals surface area contributed by atoms with E-state index in [1.165, 1.54) is 35.2 Å². The molecule has 0 radical (unpaired) electrons. The van der Waals surface area contributed by atoms with Crippen molar-refractivity contribution in [2.24, 2.45) is 0 Å². The van der Waals surface area contributed by atoms with E-state index in [2.05, 4.69) is 5.32 Å². The molecule has 1 unspecified atom stereocenters. The molecule has 4 rings (SSSR count). The number of carbonyl (C=O) groups excluding carboxylic acids is 3. The Morgan fingerprint density at radius 1 is 1.18 bits per heavy atom. The van der Waals surface area contributed by atoms with Crippen LogP contribution < -0.4 is 5.32 Å².